The smallest absolute Gasteiger partial charge is 0.161 e. The van der Waals surface area contributed by atoms with Gasteiger partial charge < -0.3 is 4.74 Å². The van der Waals surface area contributed by atoms with Crippen LogP contribution in [0, 0.1) is 17.1 Å². The number of rotatable bonds is 5. The third-order valence-corrected chi connectivity index (χ3v) is 5.72. The molecule has 0 aliphatic rings. The summed E-state index contributed by atoms with van der Waals surface area (Å²) in [5, 5.41) is 8.30. The number of nitriles is 1. The lowest BCUT2D eigenvalue weighted by Crippen LogP contribution is -2.13. The molecule has 0 aromatic heterocycles. The Morgan fingerprint density at radius 2 is 1.87 bits per heavy atom. The fourth-order valence-corrected chi connectivity index (χ4v) is 3.70. The van der Waals surface area contributed by atoms with Crippen LogP contribution in [0.15, 0.2) is 42.5 Å². The summed E-state index contributed by atoms with van der Waals surface area (Å²) in [5.74, 6) is -0.211. The second kappa shape index (κ2) is 6.80. The number of benzene rings is 2. The van der Waals surface area contributed by atoms with Gasteiger partial charge in [0.1, 0.15) is 17.6 Å². The van der Waals surface area contributed by atoms with Gasteiger partial charge in [0.15, 0.2) is 9.84 Å². The Morgan fingerprint density at radius 1 is 1.22 bits per heavy atom. The molecule has 2 aromatic carbocycles. The van der Waals surface area contributed by atoms with Crippen LogP contribution in [0.1, 0.15) is 28.9 Å². The quantitative estimate of drug-likeness (QED) is 0.841. The highest BCUT2D eigenvalue weighted by Crippen LogP contribution is 2.27. The lowest BCUT2D eigenvalue weighted by molar-refractivity contribution is 0.413. The van der Waals surface area contributed by atoms with Crippen LogP contribution in [0.3, 0.4) is 0 Å². The molecule has 4 nitrogen and oxygen atoms in total. The normalized spacial score (nSPS) is 12.4. The predicted octanol–water partition coefficient (Wildman–Crippen LogP) is 3.38. The predicted molar refractivity (Wildman–Crippen MR) is 85.1 cm³/mol. The molecule has 1 atom stereocenters. The molecule has 0 unspecified atom stereocenters. The van der Waals surface area contributed by atoms with Crippen molar-refractivity contribution in [1.29, 1.82) is 5.26 Å². The summed E-state index contributed by atoms with van der Waals surface area (Å²) in [6, 6.07) is 12.1. The second-order valence-electron chi connectivity index (χ2n) is 5.15. The van der Waals surface area contributed by atoms with Crippen molar-refractivity contribution in [3.05, 3.63) is 65.0 Å². The maximum Gasteiger partial charge on any atom is 0.161 e. The minimum atomic E-state index is -3.50. The van der Waals surface area contributed by atoms with Crippen LogP contribution in [0.4, 0.5) is 4.39 Å². The van der Waals surface area contributed by atoms with E-state index >= 15 is 0 Å². The molecule has 0 heterocycles. The Bertz CT molecular complexity index is 839. The average molecular weight is 333 g/mol. The van der Waals surface area contributed by atoms with Gasteiger partial charge in [-0.15, -0.1) is 0 Å². The van der Waals surface area contributed by atoms with Crippen molar-refractivity contribution in [2.75, 3.05) is 7.11 Å². The maximum atomic E-state index is 13.0. The first-order valence-corrected chi connectivity index (χ1v) is 8.63. The summed E-state index contributed by atoms with van der Waals surface area (Å²) in [4.78, 5) is 0. The molecule has 0 aliphatic carbocycles. The van der Waals surface area contributed by atoms with Crippen molar-refractivity contribution in [3.63, 3.8) is 0 Å². The van der Waals surface area contributed by atoms with Crippen LogP contribution in [-0.4, -0.2) is 15.5 Å². The molecule has 0 radical (unpaired) electrons. The molecule has 2 rings (SSSR count). The van der Waals surface area contributed by atoms with Gasteiger partial charge in [-0.25, -0.2) is 12.8 Å². The lowest BCUT2D eigenvalue weighted by Gasteiger charge is -2.14. The van der Waals surface area contributed by atoms with Gasteiger partial charge in [0.05, 0.1) is 23.7 Å². The zero-order valence-electron chi connectivity index (χ0n) is 12.8. The monoisotopic (exact) mass is 333 g/mol. The van der Waals surface area contributed by atoms with E-state index in [1.165, 1.54) is 37.4 Å². The topological polar surface area (TPSA) is 67.2 Å². The number of halogens is 1. The van der Waals surface area contributed by atoms with E-state index in [0.717, 1.165) is 0 Å². The van der Waals surface area contributed by atoms with E-state index in [4.69, 9.17) is 10.00 Å². The van der Waals surface area contributed by atoms with E-state index in [2.05, 4.69) is 0 Å². The van der Waals surface area contributed by atoms with E-state index in [-0.39, 0.29) is 11.3 Å². The molecule has 0 saturated heterocycles. The Kier molecular flexibility index (Phi) is 5.02. The first-order valence-electron chi connectivity index (χ1n) is 6.91. The largest absolute Gasteiger partial charge is 0.495 e. The number of nitrogens with zero attached hydrogens (tertiary/aromatic N) is 1. The molecule has 0 spiro atoms. The summed E-state index contributed by atoms with van der Waals surface area (Å²) < 4.78 is 43.1. The standard InChI is InChI=1S/C17H16FNO3S/c1-12(14-4-6-16(18)7-5-14)23(20,21)11-13-3-8-17(22-2)15(9-13)10-19/h3-9,12H,11H2,1-2H3/t12-/m1/s1. The SMILES string of the molecule is COc1ccc(CS(=O)(=O)[C@H](C)c2ccc(F)cc2)cc1C#N. The van der Waals surface area contributed by atoms with E-state index in [9.17, 15) is 12.8 Å². The summed E-state index contributed by atoms with van der Waals surface area (Å²) >= 11 is 0. The number of sulfone groups is 1. The molecular weight excluding hydrogens is 317 g/mol. The van der Waals surface area contributed by atoms with E-state index in [1.807, 2.05) is 6.07 Å². The van der Waals surface area contributed by atoms with Gasteiger partial charge in [0.25, 0.3) is 0 Å². The van der Waals surface area contributed by atoms with Crippen LogP contribution < -0.4 is 4.74 Å². The van der Waals surface area contributed by atoms with Crippen LogP contribution in [0.25, 0.3) is 0 Å². The molecule has 0 amide bonds. The van der Waals surface area contributed by atoms with Gasteiger partial charge in [-0.2, -0.15) is 5.26 Å². The molecule has 2 aromatic rings. The summed E-state index contributed by atoms with van der Waals surface area (Å²) in [7, 11) is -2.05. The van der Waals surface area contributed by atoms with Crippen molar-refractivity contribution in [2.24, 2.45) is 0 Å². The molecule has 6 heteroatoms. The molecule has 0 N–H and O–H groups in total. The highest BCUT2D eigenvalue weighted by Gasteiger charge is 2.23. The van der Waals surface area contributed by atoms with Gasteiger partial charge >= 0.3 is 0 Å². The zero-order valence-corrected chi connectivity index (χ0v) is 13.6. The van der Waals surface area contributed by atoms with Crippen molar-refractivity contribution < 1.29 is 17.5 Å². The van der Waals surface area contributed by atoms with E-state index in [1.54, 1.807) is 19.1 Å². The first-order chi connectivity index (χ1) is 10.9. The first kappa shape index (κ1) is 17.0. The van der Waals surface area contributed by atoms with E-state index < -0.39 is 20.9 Å². The molecule has 0 fully saturated rings. The van der Waals surface area contributed by atoms with Gasteiger partial charge in [-0.05, 0) is 42.3 Å². The van der Waals surface area contributed by atoms with E-state index in [0.29, 0.717) is 16.9 Å². The van der Waals surface area contributed by atoms with Gasteiger partial charge in [-0.1, -0.05) is 18.2 Å². The van der Waals surface area contributed by atoms with Crippen molar-refractivity contribution in [3.8, 4) is 11.8 Å². The summed E-state index contributed by atoms with van der Waals surface area (Å²) in [5.41, 5.74) is 1.33. The van der Waals surface area contributed by atoms with Crippen LogP contribution in [-0.2, 0) is 15.6 Å². The number of ether oxygens (including phenoxy) is 1. The second-order valence-corrected chi connectivity index (χ2v) is 7.47. The number of hydrogen-bond donors (Lipinski definition) is 0. The molecule has 23 heavy (non-hydrogen) atoms. The van der Waals surface area contributed by atoms with Crippen LogP contribution in [0.2, 0.25) is 0 Å². The summed E-state index contributed by atoms with van der Waals surface area (Å²) in [6.07, 6.45) is 0. The third kappa shape index (κ3) is 3.88. The Morgan fingerprint density at radius 3 is 2.43 bits per heavy atom. The van der Waals surface area contributed by atoms with Crippen molar-refractivity contribution in [1.82, 2.24) is 0 Å². The minimum Gasteiger partial charge on any atom is -0.495 e. The molecule has 0 bridgehead atoms. The van der Waals surface area contributed by atoms with Crippen LogP contribution in [0.5, 0.6) is 5.75 Å². The number of hydrogen-bond acceptors (Lipinski definition) is 4. The van der Waals surface area contributed by atoms with Crippen LogP contribution >= 0.6 is 0 Å². The highest BCUT2D eigenvalue weighted by molar-refractivity contribution is 7.90. The molecular formula is C17H16FNO3S. The molecule has 0 saturated carbocycles. The lowest BCUT2D eigenvalue weighted by atomic mass is 10.1. The Labute approximate surface area is 135 Å². The average Bonchev–Trinajstić information content (AvgIpc) is 2.54. The third-order valence-electron chi connectivity index (χ3n) is 3.63. The fraction of sp³-hybridized carbons (Fsp3) is 0.235. The Balaban J connectivity index is 2.27. The molecule has 120 valence electrons. The van der Waals surface area contributed by atoms with Crippen molar-refractivity contribution in [2.45, 2.75) is 17.9 Å². The number of methoxy groups -OCH3 is 1. The fourth-order valence-electron chi connectivity index (χ4n) is 2.23. The zero-order chi connectivity index (χ0) is 17.0. The minimum absolute atomic E-state index is 0.204. The maximum absolute atomic E-state index is 13.0. The highest BCUT2D eigenvalue weighted by atomic mass is 32.2. The van der Waals surface area contributed by atoms with Gasteiger partial charge in [0, 0.05) is 0 Å². The Hall–Kier alpha value is -2.39. The molecule has 0 aliphatic heterocycles. The summed E-state index contributed by atoms with van der Waals surface area (Å²) in [6.45, 7) is 1.57. The van der Waals surface area contributed by atoms with Crippen molar-refractivity contribution >= 4 is 9.84 Å². The van der Waals surface area contributed by atoms with Gasteiger partial charge in [0.2, 0.25) is 0 Å². The van der Waals surface area contributed by atoms with Gasteiger partial charge in [-0.3, -0.25) is 0 Å².